The monoisotopic (exact) mass is 569 g/mol. The summed E-state index contributed by atoms with van der Waals surface area (Å²) in [5, 5.41) is 3.67. The number of carbonyl (C=O) groups is 1. The molecule has 42 heavy (non-hydrogen) atoms. The van der Waals surface area contributed by atoms with Gasteiger partial charge in [0.05, 0.1) is 23.9 Å². The molecule has 0 saturated heterocycles. The summed E-state index contributed by atoms with van der Waals surface area (Å²) in [6.07, 6.45) is 9.32. The number of ketones is 1. The standard InChI is InChI=1S/C31H31N3O4.2C2H6/c1-19-24(16-23(20(2)35)15-21-7-4-5-8-21)18-32-31(33-19)34-27-10-6-9-26-28(36)17-29(38-30(26)27)22-11-13-25(37-3)14-12-22;2*1-2/h6,9-14,16-18,21H,4-5,7-8,15H2,1-3H3,(H,32,33,34);2*1-2H3/b23-16+;;. The quantitative estimate of drug-likeness (QED) is 0.212. The van der Waals surface area contributed by atoms with Gasteiger partial charge in [-0.2, -0.15) is 0 Å². The number of ether oxygens (including phenoxy) is 1. The Morgan fingerprint density at radius 2 is 1.76 bits per heavy atom. The highest BCUT2D eigenvalue weighted by Gasteiger charge is 2.19. The summed E-state index contributed by atoms with van der Waals surface area (Å²) in [6.45, 7) is 11.5. The fourth-order valence-corrected chi connectivity index (χ4v) is 4.99. The van der Waals surface area contributed by atoms with E-state index in [9.17, 15) is 9.59 Å². The predicted molar refractivity (Wildman–Crippen MR) is 172 cm³/mol. The van der Waals surface area contributed by atoms with Crippen molar-refractivity contribution in [3.8, 4) is 17.1 Å². The van der Waals surface area contributed by atoms with Crippen molar-refractivity contribution in [1.82, 2.24) is 9.97 Å². The maximum absolute atomic E-state index is 12.9. The van der Waals surface area contributed by atoms with E-state index in [2.05, 4.69) is 15.3 Å². The molecule has 7 nitrogen and oxygen atoms in total. The third kappa shape index (κ3) is 7.93. The summed E-state index contributed by atoms with van der Waals surface area (Å²) < 4.78 is 11.4. The van der Waals surface area contributed by atoms with E-state index in [4.69, 9.17) is 9.15 Å². The smallest absolute Gasteiger partial charge is 0.227 e. The molecule has 222 valence electrons. The molecule has 1 fully saturated rings. The lowest BCUT2D eigenvalue weighted by Gasteiger charge is -2.12. The van der Waals surface area contributed by atoms with Crippen molar-refractivity contribution in [2.24, 2.45) is 5.92 Å². The van der Waals surface area contributed by atoms with Crippen molar-refractivity contribution in [3.63, 3.8) is 0 Å². The van der Waals surface area contributed by atoms with Crippen LogP contribution in [0.2, 0.25) is 0 Å². The first kappa shape index (κ1) is 32.3. The lowest BCUT2D eigenvalue weighted by Crippen LogP contribution is -2.05. The zero-order valence-electron chi connectivity index (χ0n) is 25.9. The van der Waals surface area contributed by atoms with Gasteiger partial charge >= 0.3 is 0 Å². The molecule has 0 aliphatic heterocycles. The Morgan fingerprint density at radius 3 is 2.38 bits per heavy atom. The third-order valence-electron chi connectivity index (χ3n) is 7.16. The van der Waals surface area contributed by atoms with Crippen molar-refractivity contribution in [3.05, 3.63) is 81.8 Å². The van der Waals surface area contributed by atoms with Crippen molar-refractivity contribution in [1.29, 1.82) is 0 Å². The van der Waals surface area contributed by atoms with Crippen LogP contribution in [-0.4, -0.2) is 22.9 Å². The molecule has 1 N–H and O–H groups in total. The van der Waals surface area contributed by atoms with Crippen molar-refractivity contribution in [2.75, 3.05) is 12.4 Å². The Bertz CT molecular complexity index is 1570. The van der Waals surface area contributed by atoms with Crippen LogP contribution in [0.15, 0.2) is 69.5 Å². The second-order valence-electron chi connectivity index (χ2n) is 9.83. The van der Waals surface area contributed by atoms with Gasteiger partial charge in [0.2, 0.25) is 5.95 Å². The van der Waals surface area contributed by atoms with Crippen LogP contribution in [0.3, 0.4) is 0 Å². The number of nitrogens with one attached hydrogen (secondary N) is 1. The van der Waals surface area contributed by atoms with Gasteiger partial charge in [-0.15, -0.1) is 0 Å². The molecular weight excluding hydrogens is 526 g/mol. The number of aromatic nitrogens is 2. The summed E-state index contributed by atoms with van der Waals surface area (Å²) in [5.41, 5.74) is 4.04. The molecule has 0 amide bonds. The van der Waals surface area contributed by atoms with Crippen LogP contribution in [0.5, 0.6) is 5.75 Å². The molecule has 2 aromatic heterocycles. The summed E-state index contributed by atoms with van der Waals surface area (Å²) in [5.74, 6) is 2.23. The van der Waals surface area contributed by atoms with Crippen molar-refractivity contribution < 1.29 is 13.9 Å². The molecule has 0 atom stereocenters. The number of carbonyl (C=O) groups excluding carboxylic acids is 1. The molecule has 2 heterocycles. The minimum atomic E-state index is -0.141. The Hall–Kier alpha value is -4.26. The van der Waals surface area contributed by atoms with Crippen LogP contribution in [0.4, 0.5) is 11.6 Å². The first-order chi connectivity index (χ1) is 20.4. The molecule has 1 aliphatic rings. The lowest BCUT2D eigenvalue weighted by atomic mass is 9.94. The van der Waals surface area contributed by atoms with Gasteiger partial charge < -0.3 is 14.5 Å². The number of nitrogens with zero attached hydrogens (tertiary/aromatic N) is 2. The number of Topliss-reactive ketones (excluding diaryl/α,β-unsaturated/α-hetero) is 1. The molecular formula is C35H43N3O4. The van der Waals surface area contributed by atoms with Gasteiger partial charge in [0.15, 0.2) is 16.8 Å². The van der Waals surface area contributed by atoms with E-state index in [0.717, 1.165) is 34.6 Å². The number of anilines is 2. The van der Waals surface area contributed by atoms with Crippen LogP contribution in [0.1, 0.15) is 78.0 Å². The van der Waals surface area contributed by atoms with Crippen LogP contribution in [-0.2, 0) is 4.79 Å². The van der Waals surface area contributed by atoms with E-state index < -0.39 is 0 Å². The van der Waals surface area contributed by atoms with Crippen molar-refractivity contribution in [2.45, 2.75) is 73.6 Å². The highest BCUT2D eigenvalue weighted by Crippen LogP contribution is 2.32. The molecule has 0 bridgehead atoms. The van der Waals surface area contributed by atoms with E-state index >= 15 is 0 Å². The number of methoxy groups -OCH3 is 1. The lowest BCUT2D eigenvalue weighted by molar-refractivity contribution is -0.113. The third-order valence-corrected chi connectivity index (χ3v) is 7.16. The largest absolute Gasteiger partial charge is 0.497 e. The van der Waals surface area contributed by atoms with Crippen LogP contribution >= 0.6 is 0 Å². The van der Waals surface area contributed by atoms with Gasteiger partial charge in [-0.05, 0) is 74.2 Å². The number of allylic oxidation sites excluding steroid dienone is 1. The van der Waals surface area contributed by atoms with E-state index in [1.165, 1.54) is 31.7 Å². The molecule has 0 unspecified atom stereocenters. The summed E-state index contributed by atoms with van der Waals surface area (Å²) in [6, 6.07) is 14.2. The predicted octanol–water partition coefficient (Wildman–Crippen LogP) is 8.92. The minimum Gasteiger partial charge on any atom is -0.497 e. The summed E-state index contributed by atoms with van der Waals surface area (Å²) >= 11 is 0. The number of hydrogen-bond acceptors (Lipinski definition) is 7. The highest BCUT2D eigenvalue weighted by molar-refractivity contribution is 5.98. The summed E-state index contributed by atoms with van der Waals surface area (Å²) in [7, 11) is 1.61. The van der Waals surface area contributed by atoms with Gasteiger partial charge in [-0.1, -0.05) is 59.4 Å². The number of fused-ring (bicyclic) bond motifs is 1. The van der Waals surface area contributed by atoms with E-state index in [0.29, 0.717) is 34.3 Å². The first-order valence-electron chi connectivity index (χ1n) is 14.9. The number of rotatable bonds is 8. The maximum Gasteiger partial charge on any atom is 0.227 e. The van der Waals surface area contributed by atoms with E-state index in [-0.39, 0.29) is 11.2 Å². The number of aryl methyl sites for hydroxylation is 1. The maximum atomic E-state index is 12.9. The molecule has 1 aliphatic carbocycles. The van der Waals surface area contributed by atoms with Crippen LogP contribution in [0.25, 0.3) is 28.4 Å². The second kappa shape index (κ2) is 15.7. The average Bonchev–Trinajstić information content (AvgIpc) is 3.54. The van der Waals surface area contributed by atoms with Crippen molar-refractivity contribution >= 4 is 34.5 Å². The van der Waals surface area contributed by atoms with Gasteiger partial charge in [0.25, 0.3) is 0 Å². The molecule has 1 saturated carbocycles. The molecule has 5 rings (SSSR count). The highest BCUT2D eigenvalue weighted by atomic mass is 16.5. The number of para-hydroxylation sites is 1. The molecule has 2 aromatic carbocycles. The Labute approximate surface area is 249 Å². The zero-order valence-corrected chi connectivity index (χ0v) is 25.9. The van der Waals surface area contributed by atoms with Gasteiger partial charge in [-0.3, -0.25) is 9.59 Å². The number of benzene rings is 2. The van der Waals surface area contributed by atoms with Crippen LogP contribution < -0.4 is 15.5 Å². The summed E-state index contributed by atoms with van der Waals surface area (Å²) in [4.78, 5) is 34.3. The fraction of sp³-hybridized carbons (Fsp3) is 0.371. The van der Waals surface area contributed by atoms with Gasteiger partial charge in [0, 0.05) is 23.4 Å². The van der Waals surface area contributed by atoms with E-state index in [1.807, 2.05) is 71.0 Å². The first-order valence-corrected chi connectivity index (χ1v) is 14.9. The number of hydrogen-bond donors (Lipinski definition) is 1. The Kier molecular flexibility index (Phi) is 12.0. The van der Waals surface area contributed by atoms with Gasteiger partial charge in [0.1, 0.15) is 11.5 Å². The molecule has 7 heteroatoms. The SMILES string of the molecule is CC.CC.COc1ccc(-c2cc(=O)c3cccc(Nc4ncc(/C=C(\CC5CCCC5)C(C)=O)c(C)n4)c3o2)cc1. The molecule has 0 radical (unpaired) electrons. The van der Waals surface area contributed by atoms with Crippen LogP contribution in [0, 0.1) is 12.8 Å². The average molecular weight is 570 g/mol. The minimum absolute atomic E-state index is 0.0944. The zero-order chi connectivity index (χ0) is 30.6. The fourth-order valence-electron chi connectivity index (χ4n) is 4.99. The normalized spacial score (nSPS) is 13.1. The Balaban J connectivity index is 0.00000116. The van der Waals surface area contributed by atoms with Gasteiger partial charge in [-0.25, -0.2) is 9.97 Å². The molecule has 4 aromatic rings. The Morgan fingerprint density at radius 1 is 1.07 bits per heavy atom. The van der Waals surface area contributed by atoms with E-state index in [1.54, 1.807) is 32.4 Å². The second-order valence-corrected chi connectivity index (χ2v) is 9.83. The topological polar surface area (TPSA) is 94.3 Å². The molecule has 0 spiro atoms.